The number of nitrogens with two attached hydrogens (primary N) is 1. The van der Waals surface area contributed by atoms with E-state index in [2.05, 4.69) is 31.9 Å². The van der Waals surface area contributed by atoms with E-state index in [1.807, 2.05) is 29.2 Å². The molecule has 19 heavy (non-hydrogen) atoms. The van der Waals surface area contributed by atoms with Crippen molar-refractivity contribution in [1.29, 1.82) is 0 Å². The van der Waals surface area contributed by atoms with Gasteiger partial charge in [0.15, 0.2) is 0 Å². The highest BCUT2D eigenvalue weighted by molar-refractivity contribution is 9.13. The minimum Gasteiger partial charge on any atom is -0.399 e. The van der Waals surface area contributed by atoms with Crippen LogP contribution in [-0.2, 0) is 13.1 Å². The topological polar surface area (TPSA) is 46.3 Å². The van der Waals surface area contributed by atoms with Crippen molar-refractivity contribution in [2.24, 2.45) is 0 Å². The number of benzene rings is 1. The standard InChI is InChI=1S/C13H10Br2N2OS/c14-10-4-11(19-12(10)15)13(18)17-5-7-1-2-9(16)3-8(7)6-17/h1-4H,5-6,16H2. The zero-order valence-electron chi connectivity index (χ0n) is 9.82. The number of carbonyl (C=O) groups excluding carboxylic acids is 1. The minimum absolute atomic E-state index is 0.0613. The SMILES string of the molecule is Nc1ccc2c(c1)CN(C(=O)c1cc(Br)c(Br)s1)C2. The zero-order valence-corrected chi connectivity index (χ0v) is 13.8. The van der Waals surface area contributed by atoms with E-state index < -0.39 is 0 Å². The van der Waals surface area contributed by atoms with Gasteiger partial charge in [-0.1, -0.05) is 6.07 Å². The van der Waals surface area contributed by atoms with Gasteiger partial charge >= 0.3 is 0 Å². The second kappa shape index (κ2) is 4.92. The van der Waals surface area contributed by atoms with Gasteiger partial charge in [-0.15, -0.1) is 11.3 Å². The molecule has 6 heteroatoms. The summed E-state index contributed by atoms with van der Waals surface area (Å²) in [4.78, 5) is 15.0. The Bertz CT molecular complexity index is 649. The molecule has 0 bridgehead atoms. The molecule has 1 aromatic heterocycles. The predicted molar refractivity (Wildman–Crippen MR) is 84.2 cm³/mol. The smallest absolute Gasteiger partial charge is 0.264 e. The van der Waals surface area contributed by atoms with Crippen molar-refractivity contribution in [3.63, 3.8) is 0 Å². The Morgan fingerprint density at radius 3 is 2.63 bits per heavy atom. The number of hydrogen-bond acceptors (Lipinski definition) is 3. The molecule has 2 N–H and O–H groups in total. The van der Waals surface area contributed by atoms with E-state index in [4.69, 9.17) is 5.73 Å². The Kier molecular flexibility index (Phi) is 3.41. The number of amides is 1. The van der Waals surface area contributed by atoms with Crippen molar-refractivity contribution in [2.75, 3.05) is 5.73 Å². The summed E-state index contributed by atoms with van der Waals surface area (Å²) in [6, 6.07) is 7.68. The Hall–Kier alpha value is -0.850. The molecule has 3 nitrogen and oxygen atoms in total. The van der Waals surface area contributed by atoms with Crippen LogP contribution in [0.5, 0.6) is 0 Å². The van der Waals surface area contributed by atoms with Gasteiger partial charge in [-0.2, -0.15) is 0 Å². The van der Waals surface area contributed by atoms with Gasteiger partial charge in [0.2, 0.25) is 0 Å². The summed E-state index contributed by atoms with van der Waals surface area (Å²) in [5.74, 6) is 0.0613. The molecule has 2 heterocycles. The molecule has 2 aromatic rings. The molecule has 0 unspecified atom stereocenters. The third kappa shape index (κ3) is 2.44. The third-order valence-corrected chi connectivity index (χ3v) is 6.34. The van der Waals surface area contributed by atoms with Crippen LogP contribution in [0, 0.1) is 0 Å². The maximum absolute atomic E-state index is 12.4. The third-order valence-electron chi connectivity index (χ3n) is 3.10. The molecule has 0 spiro atoms. The lowest BCUT2D eigenvalue weighted by Crippen LogP contribution is -2.24. The van der Waals surface area contributed by atoms with Crippen molar-refractivity contribution in [2.45, 2.75) is 13.1 Å². The first-order valence-electron chi connectivity index (χ1n) is 5.66. The molecule has 0 saturated heterocycles. The van der Waals surface area contributed by atoms with E-state index in [-0.39, 0.29) is 5.91 Å². The molecule has 0 radical (unpaired) electrons. The molecule has 0 atom stereocenters. The van der Waals surface area contributed by atoms with Crippen LogP contribution < -0.4 is 5.73 Å². The summed E-state index contributed by atoms with van der Waals surface area (Å²) in [6.45, 7) is 1.29. The first kappa shape index (κ1) is 13.1. The summed E-state index contributed by atoms with van der Waals surface area (Å²) in [7, 11) is 0. The molecule has 0 aliphatic carbocycles. The average Bonchev–Trinajstić information content (AvgIpc) is 2.92. The maximum Gasteiger partial charge on any atom is 0.264 e. The van der Waals surface area contributed by atoms with Crippen LogP contribution >= 0.6 is 43.2 Å². The Balaban J connectivity index is 1.84. The van der Waals surface area contributed by atoms with E-state index in [0.717, 1.165) is 24.4 Å². The van der Waals surface area contributed by atoms with Crippen molar-refractivity contribution >= 4 is 54.8 Å². The summed E-state index contributed by atoms with van der Waals surface area (Å²) in [5, 5.41) is 0. The summed E-state index contributed by atoms with van der Waals surface area (Å²) >= 11 is 8.27. The lowest BCUT2D eigenvalue weighted by molar-refractivity contribution is 0.0756. The Morgan fingerprint density at radius 1 is 1.21 bits per heavy atom. The highest BCUT2D eigenvalue weighted by Gasteiger charge is 2.25. The number of thiophene rings is 1. The van der Waals surface area contributed by atoms with Crippen molar-refractivity contribution in [3.05, 3.63) is 48.5 Å². The van der Waals surface area contributed by atoms with Gasteiger partial charge in [0.25, 0.3) is 5.91 Å². The molecule has 1 aromatic carbocycles. The summed E-state index contributed by atoms with van der Waals surface area (Å²) < 4.78 is 1.86. The molecular weight excluding hydrogens is 392 g/mol. The molecule has 98 valence electrons. The summed E-state index contributed by atoms with van der Waals surface area (Å²) in [6.07, 6.45) is 0. The normalized spacial score (nSPS) is 13.7. The van der Waals surface area contributed by atoms with Crippen LogP contribution in [0.25, 0.3) is 0 Å². The fourth-order valence-corrected chi connectivity index (χ4v) is 4.17. The zero-order chi connectivity index (χ0) is 13.6. The molecular formula is C13H10Br2N2OS. The van der Waals surface area contributed by atoms with Crippen LogP contribution in [0.3, 0.4) is 0 Å². The number of rotatable bonds is 1. The van der Waals surface area contributed by atoms with Gasteiger partial charge in [-0.25, -0.2) is 0 Å². The van der Waals surface area contributed by atoms with Gasteiger partial charge in [0, 0.05) is 23.2 Å². The first-order chi connectivity index (χ1) is 9.04. The van der Waals surface area contributed by atoms with Crippen molar-refractivity contribution < 1.29 is 4.79 Å². The van der Waals surface area contributed by atoms with Crippen molar-refractivity contribution in [3.8, 4) is 0 Å². The second-order valence-corrected chi connectivity index (χ2v) is 7.65. The van der Waals surface area contributed by atoms with Gasteiger partial charge in [0.1, 0.15) is 0 Å². The van der Waals surface area contributed by atoms with E-state index in [1.165, 1.54) is 16.9 Å². The highest BCUT2D eigenvalue weighted by atomic mass is 79.9. The number of hydrogen-bond donors (Lipinski definition) is 1. The lowest BCUT2D eigenvalue weighted by Gasteiger charge is -2.13. The average molecular weight is 402 g/mol. The van der Waals surface area contributed by atoms with E-state index >= 15 is 0 Å². The van der Waals surface area contributed by atoms with Crippen LogP contribution in [0.1, 0.15) is 20.8 Å². The Labute approximate surface area is 131 Å². The molecule has 1 aliphatic heterocycles. The number of nitrogens with zero attached hydrogens (tertiary/aromatic N) is 1. The monoisotopic (exact) mass is 400 g/mol. The molecule has 0 fully saturated rings. The number of anilines is 1. The fraction of sp³-hybridized carbons (Fsp3) is 0.154. The first-order valence-corrected chi connectivity index (χ1v) is 8.06. The van der Waals surface area contributed by atoms with E-state index in [0.29, 0.717) is 13.1 Å². The van der Waals surface area contributed by atoms with Gasteiger partial charge < -0.3 is 10.6 Å². The molecule has 0 saturated carbocycles. The Morgan fingerprint density at radius 2 is 1.95 bits per heavy atom. The second-order valence-electron chi connectivity index (χ2n) is 4.42. The quantitative estimate of drug-likeness (QED) is 0.733. The largest absolute Gasteiger partial charge is 0.399 e. The highest BCUT2D eigenvalue weighted by Crippen LogP contribution is 2.34. The lowest BCUT2D eigenvalue weighted by atomic mass is 10.1. The molecule has 1 amide bonds. The van der Waals surface area contributed by atoms with E-state index in [9.17, 15) is 4.79 Å². The van der Waals surface area contributed by atoms with Crippen LogP contribution in [0.4, 0.5) is 5.69 Å². The van der Waals surface area contributed by atoms with Gasteiger partial charge in [-0.3, -0.25) is 4.79 Å². The maximum atomic E-state index is 12.4. The van der Waals surface area contributed by atoms with Gasteiger partial charge in [-0.05, 0) is 61.2 Å². The summed E-state index contributed by atoms with van der Waals surface area (Å²) in [5.41, 5.74) is 8.84. The van der Waals surface area contributed by atoms with Crippen molar-refractivity contribution in [1.82, 2.24) is 4.90 Å². The van der Waals surface area contributed by atoms with E-state index in [1.54, 1.807) is 0 Å². The van der Waals surface area contributed by atoms with Gasteiger partial charge in [0.05, 0.1) is 8.66 Å². The number of nitrogen functional groups attached to an aromatic ring is 1. The predicted octanol–water partition coefficient (Wildman–Crippen LogP) is 4.01. The number of halogens is 2. The number of carbonyl (C=O) groups is 1. The number of fused-ring (bicyclic) bond motifs is 1. The molecule has 1 aliphatic rings. The molecule has 3 rings (SSSR count). The van der Waals surface area contributed by atoms with Crippen LogP contribution in [-0.4, -0.2) is 10.8 Å². The van der Waals surface area contributed by atoms with Crippen LogP contribution in [0.15, 0.2) is 32.5 Å². The fourth-order valence-electron chi connectivity index (χ4n) is 2.17. The van der Waals surface area contributed by atoms with Crippen LogP contribution in [0.2, 0.25) is 0 Å². The minimum atomic E-state index is 0.0613.